The van der Waals surface area contributed by atoms with Crippen LogP contribution in [-0.2, 0) is 19.2 Å². The topological polar surface area (TPSA) is 160 Å². The first-order valence-electron chi connectivity index (χ1n) is 13.0. The number of rotatable bonds is 10. The van der Waals surface area contributed by atoms with Crippen molar-refractivity contribution in [3.63, 3.8) is 0 Å². The van der Waals surface area contributed by atoms with Crippen LogP contribution in [0.25, 0.3) is 0 Å². The lowest BCUT2D eigenvalue weighted by Crippen LogP contribution is -2.66. The second kappa shape index (κ2) is 11.7. The number of aliphatic carboxylic acids is 1. The number of nitrogens with zero attached hydrogens (tertiary/aromatic N) is 3. The molecule has 4 heterocycles. The maximum atomic E-state index is 13.1. The highest BCUT2D eigenvalue weighted by Gasteiger charge is 2.60. The number of fused-ring (bicyclic) bond motifs is 1. The zero-order valence-electron chi connectivity index (χ0n) is 21.7. The number of carboxylic acids is 1. The molecule has 3 fully saturated rings. The molecule has 3 amide bonds. The first-order chi connectivity index (χ1) is 17.7. The number of amides is 3. The first kappa shape index (κ1) is 27.8. The first-order valence-corrected chi connectivity index (χ1v) is 13.9. The molecular formula is C24H39N7O5S. The number of nitrogens with two attached hydrogens (primary N) is 1. The third-order valence-electron chi connectivity index (χ3n) is 7.87. The molecule has 0 bridgehead atoms. The highest BCUT2D eigenvalue weighted by atomic mass is 32.2. The molecule has 0 saturated carbocycles. The molecule has 4 aliphatic heterocycles. The summed E-state index contributed by atoms with van der Waals surface area (Å²) in [5.41, 5.74) is 5.68. The van der Waals surface area contributed by atoms with Crippen LogP contribution in [0.1, 0.15) is 20.3 Å². The fourth-order valence-corrected chi connectivity index (χ4v) is 7.49. The predicted octanol–water partition coefficient (Wildman–Crippen LogP) is -1.95. The van der Waals surface area contributed by atoms with Gasteiger partial charge >= 0.3 is 5.97 Å². The number of piperazine rings is 1. The minimum atomic E-state index is -1.12. The average molecular weight is 538 g/mol. The molecule has 37 heavy (non-hydrogen) atoms. The Kier molecular flexibility index (Phi) is 8.79. The van der Waals surface area contributed by atoms with E-state index in [1.807, 2.05) is 11.8 Å². The molecule has 0 aromatic rings. The number of nitrogens with one attached hydrogen (secondary N) is 3. The molecule has 0 spiro atoms. The fourth-order valence-electron chi connectivity index (χ4n) is 6.01. The van der Waals surface area contributed by atoms with E-state index in [-0.39, 0.29) is 53.2 Å². The van der Waals surface area contributed by atoms with Gasteiger partial charge in [0, 0.05) is 67.9 Å². The molecule has 4 aliphatic rings. The van der Waals surface area contributed by atoms with Crippen molar-refractivity contribution in [1.29, 1.82) is 0 Å². The molecular weight excluding hydrogens is 498 g/mol. The molecule has 6 N–H and O–H groups in total. The van der Waals surface area contributed by atoms with Gasteiger partial charge in [0.05, 0.1) is 24.5 Å². The third-order valence-corrected chi connectivity index (χ3v) is 9.38. The number of thioether (sulfide) groups is 1. The molecule has 12 nitrogen and oxygen atoms in total. The second-order valence-corrected chi connectivity index (χ2v) is 11.7. The normalized spacial score (nSPS) is 30.8. The van der Waals surface area contributed by atoms with E-state index in [0.717, 1.165) is 19.6 Å². The minimum absolute atomic E-state index is 0.0271. The van der Waals surface area contributed by atoms with E-state index < -0.39 is 17.9 Å². The minimum Gasteiger partial charge on any atom is -0.477 e. The molecule has 3 saturated heterocycles. The lowest BCUT2D eigenvalue weighted by molar-refractivity contribution is -0.158. The smallest absolute Gasteiger partial charge is 0.353 e. The Hall–Kier alpha value is -2.19. The molecule has 13 heteroatoms. The average Bonchev–Trinajstić information content (AvgIpc) is 3.41. The van der Waals surface area contributed by atoms with Gasteiger partial charge in [0.25, 0.3) is 0 Å². The van der Waals surface area contributed by atoms with Crippen LogP contribution < -0.4 is 21.7 Å². The summed E-state index contributed by atoms with van der Waals surface area (Å²) < 4.78 is 0. The summed E-state index contributed by atoms with van der Waals surface area (Å²) in [5.74, 6) is -2.16. The van der Waals surface area contributed by atoms with Crippen LogP contribution >= 0.6 is 11.8 Å². The van der Waals surface area contributed by atoms with Gasteiger partial charge in [0.15, 0.2) is 0 Å². The van der Waals surface area contributed by atoms with Crippen molar-refractivity contribution in [2.45, 2.75) is 43.6 Å². The van der Waals surface area contributed by atoms with E-state index in [9.17, 15) is 24.3 Å². The molecule has 0 radical (unpaired) electrons. The lowest BCUT2D eigenvalue weighted by Gasteiger charge is -2.47. The van der Waals surface area contributed by atoms with Crippen molar-refractivity contribution in [2.24, 2.45) is 17.6 Å². The zero-order chi connectivity index (χ0) is 26.9. The van der Waals surface area contributed by atoms with Crippen LogP contribution in [-0.4, -0.2) is 126 Å². The van der Waals surface area contributed by atoms with Crippen molar-refractivity contribution in [3.8, 4) is 0 Å². The number of carbonyl (C=O) groups excluding carboxylic acids is 3. The molecule has 1 unspecified atom stereocenters. The summed E-state index contributed by atoms with van der Waals surface area (Å²) in [5, 5.41) is 19.0. The standard InChI is InChI=1S/C24H39N7O5S/c1-13-19-18(14(2)28-17(32)12-26-3)23(34)31(19)20(24(35)36)21(13)37-15-10-16(27-11-15)22(33)30-8-6-29(5-4-25)7-9-30/h13-16,18-19,26-27H,4-12,25H2,1-3H3,(H,28,32)(H,35,36)/t13-,14?,15+,16+,18-,19-/m1/s1. The van der Waals surface area contributed by atoms with Gasteiger partial charge in [0.2, 0.25) is 17.7 Å². The summed E-state index contributed by atoms with van der Waals surface area (Å²) in [6, 6.07) is -1.00. The summed E-state index contributed by atoms with van der Waals surface area (Å²) >= 11 is 1.47. The van der Waals surface area contributed by atoms with Gasteiger partial charge in [-0.3, -0.25) is 19.3 Å². The van der Waals surface area contributed by atoms with Crippen molar-refractivity contribution < 1.29 is 24.3 Å². The monoisotopic (exact) mass is 537 g/mol. The lowest BCUT2D eigenvalue weighted by atomic mass is 9.78. The third kappa shape index (κ3) is 5.51. The van der Waals surface area contributed by atoms with Crippen molar-refractivity contribution in [1.82, 2.24) is 30.7 Å². The molecule has 206 valence electrons. The molecule has 0 aromatic carbocycles. The quantitative estimate of drug-likeness (QED) is 0.198. The Morgan fingerprint density at radius 1 is 1.24 bits per heavy atom. The summed E-state index contributed by atoms with van der Waals surface area (Å²) in [7, 11) is 1.67. The summed E-state index contributed by atoms with van der Waals surface area (Å²) in [4.78, 5) is 56.6. The molecule has 0 aliphatic carbocycles. The van der Waals surface area contributed by atoms with Crippen molar-refractivity contribution in [2.75, 3.05) is 59.4 Å². The highest BCUT2D eigenvalue weighted by molar-refractivity contribution is 8.03. The van der Waals surface area contributed by atoms with E-state index in [2.05, 4.69) is 20.9 Å². The largest absolute Gasteiger partial charge is 0.477 e. The number of carbonyl (C=O) groups is 4. The Labute approximate surface area is 221 Å². The van der Waals surface area contributed by atoms with E-state index in [4.69, 9.17) is 5.73 Å². The van der Waals surface area contributed by atoms with Gasteiger partial charge in [-0.2, -0.15) is 0 Å². The zero-order valence-corrected chi connectivity index (χ0v) is 22.6. The van der Waals surface area contributed by atoms with E-state index in [1.54, 1.807) is 14.0 Å². The van der Waals surface area contributed by atoms with Crippen molar-refractivity contribution >= 4 is 35.5 Å². The predicted molar refractivity (Wildman–Crippen MR) is 139 cm³/mol. The van der Waals surface area contributed by atoms with Crippen LogP contribution in [0.5, 0.6) is 0 Å². The van der Waals surface area contributed by atoms with Gasteiger partial charge in [-0.25, -0.2) is 4.79 Å². The van der Waals surface area contributed by atoms with Crippen LogP contribution in [0.3, 0.4) is 0 Å². The number of hydrogen-bond acceptors (Lipinski definition) is 9. The Morgan fingerprint density at radius 2 is 1.95 bits per heavy atom. The van der Waals surface area contributed by atoms with Gasteiger partial charge in [0.1, 0.15) is 5.70 Å². The number of carboxylic acid groups (broad SMARTS) is 1. The Balaban J connectivity index is 1.38. The van der Waals surface area contributed by atoms with Crippen LogP contribution in [0.2, 0.25) is 0 Å². The maximum absolute atomic E-state index is 13.1. The summed E-state index contributed by atoms with van der Waals surface area (Å²) in [6.07, 6.45) is 0.605. The van der Waals surface area contributed by atoms with E-state index in [0.29, 0.717) is 37.5 Å². The Morgan fingerprint density at radius 3 is 2.57 bits per heavy atom. The second-order valence-electron chi connectivity index (χ2n) is 10.3. The SMILES string of the molecule is CNCC(=O)NC(C)[C@H]1C(=O)N2C(C(=O)O)=C(S[C@@H]3CN[C@H](C(=O)N4CCN(CCN)CC4)C3)[C@H](C)[C@H]12. The van der Waals surface area contributed by atoms with Crippen LogP contribution in [0.4, 0.5) is 0 Å². The molecule has 6 atom stereocenters. The Bertz CT molecular complexity index is 954. The van der Waals surface area contributed by atoms with Gasteiger partial charge in [-0.15, -0.1) is 11.8 Å². The number of likely N-dealkylation sites (N-methyl/N-ethyl adjacent to an activating group) is 1. The molecule has 4 rings (SSSR count). The summed E-state index contributed by atoms with van der Waals surface area (Å²) in [6.45, 7) is 8.93. The van der Waals surface area contributed by atoms with Crippen LogP contribution in [0, 0.1) is 11.8 Å². The fraction of sp³-hybridized carbons (Fsp3) is 0.750. The maximum Gasteiger partial charge on any atom is 0.353 e. The van der Waals surface area contributed by atoms with Gasteiger partial charge in [-0.05, 0) is 20.4 Å². The van der Waals surface area contributed by atoms with Crippen LogP contribution in [0.15, 0.2) is 10.6 Å². The molecule has 0 aromatic heterocycles. The van der Waals surface area contributed by atoms with Gasteiger partial charge in [-0.1, -0.05) is 6.92 Å². The van der Waals surface area contributed by atoms with E-state index >= 15 is 0 Å². The number of β-lactam (4-membered cyclic amide) rings is 1. The number of hydrogen-bond donors (Lipinski definition) is 5. The van der Waals surface area contributed by atoms with Crippen molar-refractivity contribution in [3.05, 3.63) is 10.6 Å². The highest BCUT2D eigenvalue weighted by Crippen LogP contribution is 2.51. The van der Waals surface area contributed by atoms with Gasteiger partial charge < -0.3 is 36.6 Å². The van der Waals surface area contributed by atoms with E-state index in [1.165, 1.54) is 16.7 Å².